The van der Waals surface area contributed by atoms with Crippen molar-refractivity contribution in [3.63, 3.8) is 0 Å². The summed E-state index contributed by atoms with van der Waals surface area (Å²) in [5.41, 5.74) is 5.36. The molecule has 1 rings (SSSR count). The van der Waals surface area contributed by atoms with E-state index in [1.807, 2.05) is 0 Å². The van der Waals surface area contributed by atoms with Gasteiger partial charge < -0.3 is 15.1 Å². The molecule has 2 N–H and O–H groups in total. The Morgan fingerprint density at radius 3 is 2.40 bits per heavy atom. The Kier molecular flexibility index (Phi) is 10.7. The van der Waals surface area contributed by atoms with Crippen molar-refractivity contribution >= 4 is 9.76 Å². The quantitative estimate of drug-likeness (QED) is 0.730. The Labute approximate surface area is 97.3 Å². The van der Waals surface area contributed by atoms with Gasteiger partial charge in [0.2, 0.25) is 0 Å². The molecule has 3 nitrogen and oxygen atoms in total. The highest BCUT2D eigenvalue weighted by molar-refractivity contribution is 6.27. The molecule has 0 amide bonds. The van der Waals surface area contributed by atoms with E-state index in [9.17, 15) is 0 Å². The SMILES string of the molecule is C1CC[SiH2]OC1.CC(C)CN(C)CCN. The molecule has 15 heavy (non-hydrogen) atoms. The predicted octanol–water partition coefficient (Wildman–Crippen LogP) is 0.832. The first-order valence-electron chi connectivity index (χ1n) is 6.13. The maximum Gasteiger partial charge on any atom is 0.161 e. The third-order valence-electron chi connectivity index (χ3n) is 2.26. The molecule has 1 saturated heterocycles. The molecule has 92 valence electrons. The topological polar surface area (TPSA) is 38.5 Å². The van der Waals surface area contributed by atoms with Gasteiger partial charge in [0.1, 0.15) is 0 Å². The summed E-state index contributed by atoms with van der Waals surface area (Å²) >= 11 is 0. The van der Waals surface area contributed by atoms with Gasteiger partial charge in [0.05, 0.1) is 0 Å². The van der Waals surface area contributed by atoms with E-state index in [1.165, 1.54) is 18.9 Å². The molecular formula is C11H28N2OSi. The third kappa shape index (κ3) is 12.0. The van der Waals surface area contributed by atoms with Crippen LogP contribution in [0.25, 0.3) is 0 Å². The molecule has 0 aromatic heterocycles. The number of nitrogens with two attached hydrogens (primary N) is 1. The predicted molar refractivity (Wildman–Crippen MR) is 69.9 cm³/mol. The van der Waals surface area contributed by atoms with Crippen molar-refractivity contribution in [2.24, 2.45) is 11.7 Å². The number of hydrogen-bond acceptors (Lipinski definition) is 3. The van der Waals surface area contributed by atoms with Crippen molar-refractivity contribution < 1.29 is 4.43 Å². The van der Waals surface area contributed by atoms with Crippen LogP contribution >= 0.6 is 0 Å². The van der Waals surface area contributed by atoms with Gasteiger partial charge in [-0.05, 0) is 25.4 Å². The van der Waals surface area contributed by atoms with Gasteiger partial charge in [-0.2, -0.15) is 0 Å². The molecule has 0 spiro atoms. The average molecular weight is 232 g/mol. The summed E-state index contributed by atoms with van der Waals surface area (Å²) in [6.45, 7) is 8.42. The fourth-order valence-electron chi connectivity index (χ4n) is 1.62. The second-order valence-electron chi connectivity index (χ2n) is 4.62. The zero-order chi connectivity index (χ0) is 11.5. The van der Waals surface area contributed by atoms with Crippen molar-refractivity contribution in [1.82, 2.24) is 4.90 Å². The number of hydrogen-bond donors (Lipinski definition) is 1. The Bertz CT molecular complexity index is 118. The van der Waals surface area contributed by atoms with E-state index >= 15 is 0 Å². The summed E-state index contributed by atoms with van der Waals surface area (Å²) in [5.74, 6) is 0.751. The minimum absolute atomic E-state index is 0.00849. The van der Waals surface area contributed by atoms with E-state index < -0.39 is 0 Å². The summed E-state index contributed by atoms with van der Waals surface area (Å²) in [4.78, 5) is 2.25. The number of nitrogens with zero attached hydrogens (tertiary/aromatic N) is 1. The molecule has 0 aromatic rings. The second-order valence-corrected chi connectivity index (χ2v) is 6.14. The summed E-state index contributed by atoms with van der Waals surface area (Å²) in [5, 5.41) is 0. The molecule has 1 aliphatic rings. The molecule has 0 radical (unpaired) electrons. The van der Waals surface area contributed by atoms with Crippen molar-refractivity contribution in [2.75, 3.05) is 33.3 Å². The van der Waals surface area contributed by atoms with Crippen LogP contribution in [0.3, 0.4) is 0 Å². The first-order valence-corrected chi connectivity index (χ1v) is 7.71. The molecule has 0 saturated carbocycles. The van der Waals surface area contributed by atoms with Crippen LogP contribution in [0.15, 0.2) is 0 Å². The molecule has 0 aromatic carbocycles. The van der Waals surface area contributed by atoms with Crippen LogP contribution in [-0.2, 0) is 4.43 Å². The number of rotatable bonds is 4. The molecule has 0 unspecified atom stereocenters. The van der Waals surface area contributed by atoms with Crippen LogP contribution in [0.1, 0.15) is 26.7 Å². The van der Waals surface area contributed by atoms with E-state index in [0.717, 1.165) is 32.2 Å². The molecule has 1 aliphatic heterocycles. The summed E-state index contributed by atoms with van der Waals surface area (Å²) in [7, 11) is 2.11. The van der Waals surface area contributed by atoms with Crippen molar-refractivity contribution in [3.8, 4) is 0 Å². The monoisotopic (exact) mass is 232 g/mol. The van der Waals surface area contributed by atoms with Crippen LogP contribution in [0, 0.1) is 5.92 Å². The van der Waals surface area contributed by atoms with Gasteiger partial charge in [0.25, 0.3) is 0 Å². The van der Waals surface area contributed by atoms with Crippen molar-refractivity contribution in [1.29, 1.82) is 0 Å². The van der Waals surface area contributed by atoms with Gasteiger partial charge in [-0.3, -0.25) is 0 Å². The lowest BCUT2D eigenvalue weighted by Crippen LogP contribution is -2.28. The Morgan fingerprint density at radius 1 is 1.40 bits per heavy atom. The van der Waals surface area contributed by atoms with Gasteiger partial charge in [-0.15, -0.1) is 0 Å². The molecule has 0 bridgehead atoms. The van der Waals surface area contributed by atoms with Crippen LogP contribution in [0.2, 0.25) is 6.04 Å². The highest BCUT2D eigenvalue weighted by Gasteiger charge is 1.98. The van der Waals surface area contributed by atoms with E-state index in [0.29, 0.717) is 0 Å². The van der Waals surface area contributed by atoms with Crippen molar-refractivity contribution in [3.05, 3.63) is 0 Å². The van der Waals surface area contributed by atoms with E-state index in [-0.39, 0.29) is 9.76 Å². The Morgan fingerprint density at radius 2 is 2.13 bits per heavy atom. The summed E-state index contributed by atoms with van der Waals surface area (Å²) in [6.07, 6.45) is 2.75. The van der Waals surface area contributed by atoms with Crippen molar-refractivity contribution in [2.45, 2.75) is 32.7 Å². The zero-order valence-corrected chi connectivity index (χ0v) is 12.1. The van der Waals surface area contributed by atoms with Gasteiger partial charge in [-0.1, -0.05) is 20.3 Å². The maximum atomic E-state index is 5.36. The lowest BCUT2D eigenvalue weighted by Gasteiger charge is -2.17. The third-order valence-corrected chi connectivity index (χ3v) is 3.63. The Hall–Kier alpha value is 0.0969. The van der Waals surface area contributed by atoms with Crippen LogP contribution in [0.5, 0.6) is 0 Å². The minimum atomic E-state index is 0.00849. The summed E-state index contributed by atoms with van der Waals surface area (Å²) < 4.78 is 5.21. The van der Waals surface area contributed by atoms with Gasteiger partial charge >= 0.3 is 0 Å². The first-order chi connectivity index (χ1) is 7.16. The lowest BCUT2D eigenvalue weighted by molar-refractivity contribution is 0.303. The van der Waals surface area contributed by atoms with Gasteiger partial charge in [0.15, 0.2) is 9.76 Å². The normalized spacial score (nSPS) is 18.0. The van der Waals surface area contributed by atoms with E-state index in [1.54, 1.807) is 0 Å². The van der Waals surface area contributed by atoms with Gasteiger partial charge in [0, 0.05) is 26.2 Å². The summed E-state index contributed by atoms with van der Waals surface area (Å²) in [6, 6.07) is 1.42. The highest BCUT2D eigenvalue weighted by Crippen LogP contribution is 2.01. The average Bonchev–Trinajstić information content (AvgIpc) is 2.20. The van der Waals surface area contributed by atoms with Gasteiger partial charge in [-0.25, -0.2) is 0 Å². The molecule has 4 heteroatoms. The fourth-order valence-corrected chi connectivity index (χ4v) is 2.79. The fraction of sp³-hybridized carbons (Fsp3) is 1.00. The molecule has 0 atom stereocenters. The van der Waals surface area contributed by atoms with Crippen LogP contribution in [-0.4, -0.2) is 48.0 Å². The van der Waals surface area contributed by atoms with E-state index in [2.05, 4.69) is 25.8 Å². The zero-order valence-electron chi connectivity index (χ0n) is 10.7. The molecule has 0 aliphatic carbocycles. The van der Waals surface area contributed by atoms with Crippen LogP contribution < -0.4 is 5.73 Å². The smallest absolute Gasteiger partial charge is 0.161 e. The standard InChI is InChI=1S/C7H18N2.C4H10OSi/c1-7(2)6-9(3)5-4-8;1-2-4-6-5-3-1/h7H,4-6,8H2,1-3H3;1-4,6H2. The highest BCUT2D eigenvalue weighted by atomic mass is 28.2. The second kappa shape index (κ2) is 10.6. The van der Waals surface area contributed by atoms with E-state index in [4.69, 9.17) is 10.2 Å². The molecule has 1 fully saturated rings. The van der Waals surface area contributed by atoms with Crippen LogP contribution in [0.4, 0.5) is 0 Å². The largest absolute Gasteiger partial charge is 0.424 e. The number of likely N-dealkylation sites (N-methyl/N-ethyl adjacent to an activating group) is 1. The minimum Gasteiger partial charge on any atom is -0.424 e. The Balaban J connectivity index is 0.000000280. The first kappa shape index (κ1) is 15.1. The maximum absolute atomic E-state index is 5.36. The lowest BCUT2D eigenvalue weighted by atomic mass is 10.2. The molecule has 1 heterocycles. The molecular weight excluding hydrogens is 204 g/mol.